The summed E-state index contributed by atoms with van der Waals surface area (Å²) in [6, 6.07) is 5.09. The fourth-order valence-corrected chi connectivity index (χ4v) is 2.91. The SMILES string of the molecule is COc1cc(CSCC2CNC2)ccc1OC(F)F. The van der Waals surface area contributed by atoms with Crippen molar-refractivity contribution in [2.45, 2.75) is 12.4 Å². The zero-order valence-corrected chi connectivity index (χ0v) is 11.5. The second-order valence-electron chi connectivity index (χ2n) is 4.40. The molecule has 2 rings (SSSR count). The first-order valence-corrected chi connectivity index (χ1v) is 7.24. The predicted octanol–water partition coefficient (Wildman–Crippen LogP) is 2.75. The van der Waals surface area contributed by atoms with Crippen LogP contribution in [-0.4, -0.2) is 32.6 Å². The van der Waals surface area contributed by atoms with Crippen molar-refractivity contribution < 1.29 is 18.3 Å². The molecule has 1 aromatic rings. The smallest absolute Gasteiger partial charge is 0.387 e. The second kappa shape index (κ2) is 6.96. The number of rotatable bonds is 7. The molecule has 1 N–H and O–H groups in total. The van der Waals surface area contributed by atoms with E-state index in [1.54, 1.807) is 12.1 Å². The van der Waals surface area contributed by atoms with Crippen LogP contribution in [0.1, 0.15) is 5.56 Å². The number of halogens is 2. The Morgan fingerprint density at radius 1 is 1.37 bits per heavy atom. The zero-order chi connectivity index (χ0) is 13.7. The molecule has 0 amide bonds. The summed E-state index contributed by atoms with van der Waals surface area (Å²) in [4.78, 5) is 0. The van der Waals surface area contributed by atoms with E-state index < -0.39 is 6.61 Å². The highest BCUT2D eigenvalue weighted by Crippen LogP contribution is 2.31. The zero-order valence-electron chi connectivity index (χ0n) is 10.7. The Balaban J connectivity index is 1.89. The lowest BCUT2D eigenvalue weighted by Crippen LogP contribution is -2.43. The number of methoxy groups -OCH3 is 1. The van der Waals surface area contributed by atoms with Crippen LogP contribution in [0.3, 0.4) is 0 Å². The summed E-state index contributed by atoms with van der Waals surface area (Å²) in [6.07, 6.45) is 0. The van der Waals surface area contributed by atoms with E-state index >= 15 is 0 Å². The number of alkyl halides is 2. The number of ether oxygens (including phenoxy) is 2. The van der Waals surface area contributed by atoms with E-state index in [0.29, 0.717) is 5.75 Å². The highest BCUT2D eigenvalue weighted by molar-refractivity contribution is 7.98. The van der Waals surface area contributed by atoms with Crippen molar-refractivity contribution in [1.29, 1.82) is 0 Å². The third-order valence-electron chi connectivity index (χ3n) is 2.93. The molecule has 0 aliphatic carbocycles. The van der Waals surface area contributed by atoms with Gasteiger partial charge >= 0.3 is 6.61 Å². The molecular formula is C13H17F2NO2S. The van der Waals surface area contributed by atoms with Gasteiger partial charge in [0.2, 0.25) is 0 Å². The molecule has 0 atom stereocenters. The molecule has 0 aromatic heterocycles. The van der Waals surface area contributed by atoms with Gasteiger partial charge in [0.05, 0.1) is 7.11 Å². The molecule has 0 radical (unpaired) electrons. The van der Waals surface area contributed by atoms with Gasteiger partial charge in [-0.2, -0.15) is 20.5 Å². The summed E-state index contributed by atoms with van der Waals surface area (Å²) in [5, 5.41) is 3.23. The van der Waals surface area contributed by atoms with Gasteiger partial charge in [0.25, 0.3) is 0 Å². The molecular weight excluding hydrogens is 272 g/mol. The van der Waals surface area contributed by atoms with Gasteiger partial charge in [-0.15, -0.1) is 0 Å². The summed E-state index contributed by atoms with van der Waals surface area (Å²) >= 11 is 1.84. The molecule has 0 unspecified atom stereocenters. The van der Waals surface area contributed by atoms with Crippen LogP contribution < -0.4 is 14.8 Å². The van der Waals surface area contributed by atoms with Crippen molar-refractivity contribution in [3.05, 3.63) is 23.8 Å². The fourth-order valence-electron chi connectivity index (χ4n) is 1.80. The van der Waals surface area contributed by atoms with Gasteiger partial charge in [0.15, 0.2) is 11.5 Å². The van der Waals surface area contributed by atoms with Crippen molar-refractivity contribution in [3.8, 4) is 11.5 Å². The van der Waals surface area contributed by atoms with Crippen molar-refractivity contribution in [2.75, 3.05) is 26.0 Å². The van der Waals surface area contributed by atoms with Gasteiger partial charge in [-0.1, -0.05) is 6.07 Å². The third-order valence-corrected chi connectivity index (χ3v) is 4.18. The summed E-state index contributed by atoms with van der Waals surface area (Å²) in [5.74, 6) is 3.15. The first-order valence-electron chi connectivity index (χ1n) is 6.09. The summed E-state index contributed by atoms with van der Waals surface area (Å²) < 4.78 is 33.8. The summed E-state index contributed by atoms with van der Waals surface area (Å²) in [6.45, 7) is -0.644. The maximum Gasteiger partial charge on any atom is 0.387 e. The van der Waals surface area contributed by atoms with Crippen LogP contribution in [0.4, 0.5) is 8.78 Å². The molecule has 1 aliphatic heterocycles. The van der Waals surface area contributed by atoms with E-state index in [1.807, 2.05) is 11.8 Å². The number of benzene rings is 1. The van der Waals surface area contributed by atoms with E-state index in [-0.39, 0.29) is 5.75 Å². The lowest BCUT2D eigenvalue weighted by atomic mass is 10.1. The van der Waals surface area contributed by atoms with Crippen LogP contribution in [-0.2, 0) is 5.75 Å². The maximum atomic E-state index is 12.2. The third kappa shape index (κ3) is 4.24. The van der Waals surface area contributed by atoms with Gasteiger partial charge in [0.1, 0.15) is 0 Å². The average Bonchev–Trinajstić information content (AvgIpc) is 2.33. The first kappa shape index (κ1) is 14.4. The summed E-state index contributed by atoms with van der Waals surface area (Å²) in [7, 11) is 1.45. The Kier molecular flexibility index (Phi) is 5.27. The molecule has 6 heteroatoms. The van der Waals surface area contributed by atoms with E-state index in [1.165, 1.54) is 13.2 Å². The van der Waals surface area contributed by atoms with E-state index in [9.17, 15) is 8.78 Å². The number of hydrogen-bond acceptors (Lipinski definition) is 4. The molecule has 3 nitrogen and oxygen atoms in total. The van der Waals surface area contributed by atoms with E-state index in [4.69, 9.17) is 4.74 Å². The van der Waals surface area contributed by atoms with Gasteiger partial charge in [-0.25, -0.2) is 0 Å². The van der Waals surface area contributed by atoms with Gasteiger partial charge < -0.3 is 14.8 Å². The predicted molar refractivity (Wildman–Crippen MR) is 72.1 cm³/mol. The molecule has 0 bridgehead atoms. The van der Waals surface area contributed by atoms with Crippen LogP contribution >= 0.6 is 11.8 Å². The Morgan fingerprint density at radius 3 is 2.74 bits per heavy atom. The molecule has 19 heavy (non-hydrogen) atoms. The minimum atomic E-state index is -2.83. The van der Waals surface area contributed by atoms with Crippen LogP contribution in [0, 0.1) is 5.92 Å². The number of nitrogens with one attached hydrogen (secondary N) is 1. The van der Waals surface area contributed by atoms with Crippen LogP contribution in [0.25, 0.3) is 0 Å². The van der Waals surface area contributed by atoms with Crippen molar-refractivity contribution in [1.82, 2.24) is 5.32 Å². The van der Waals surface area contributed by atoms with Gasteiger partial charge in [-0.05, 0) is 42.5 Å². The van der Waals surface area contributed by atoms with Crippen molar-refractivity contribution >= 4 is 11.8 Å². The lowest BCUT2D eigenvalue weighted by Gasteiger charge is -2.26. The molecule has 1 heterocycles. The molecule has 1 saturated heterocycles. The fraction of sp³-hybridized carbons (Fsp3) is 0.538. The first-order chi connectivity index (χ1) is 9.19. The maximum absolute atomic E-state index is 12.2. The second-order valence-corrected chi connectivity index (χ2v) is 5.43. The van der Waals surface area contributed by atoms with E-state index in [2.05, 4.69) is 10.1 Å². The van der Waals surface area contributed by atoms with Crippen LogP contribution in [0.5, 0.6) is 11.5 Å². The topological polar surface area (TPSA) is 30.5 Å². The van der Waals surface area contributed by atoms with Crippen LogP contribution in [0.15, 0.2) is 18.2 Å². The Labute approximate surface area is 115 Å². The van der Waals surface area contributed by atoms with Crippen molar-refractivity contribution in [3.63, 3.8) is 0 Å². The van der Waals surface area contributed by atoms with Crippen molar-refractivity contribution in [2.24, 2.45) is 5.92 Å². The number of hydrogen-bond donors (Lipinski definition) is 1. The minimum absolute atomic E-state index is 0.0782. The molecule has 106 valence electrons. The van der Waals surface area contributed by atoms with Gasteiger partial charge in [-0.3, -0.25) is 0 Å². The monoisotopic (exact) mass is 289 g/mol. The lowest BCUT2D eigenvalue weighted by molar-refractivity contribution is -0.0512. The highest BCUT2D eigenvalue weighted by atomic mass is 32.2. The molecule has 1 aromatic carbocycles. The van der Waals surface area contributed by atoms with Crippen LogP contribution in [0.2, 0.25) is 0 Å². The average molecular weight is 289 g/mol. The quantitative estimate of drug-likeness (QED) is 0.836. The molecule has 0 saturated carbocycles. The Morgan fingerprint density at radius 2 is 2.16 bits per heavy atom. The number of thioether (sulfide) groups is 1. The Bertz CT molecular complexity index is 414. The standard InChI is InChI=1S/C13H17F2NO2S/c1-17-12-4-9(2-3-11(12)18-13(14)15)7-19-8-10-5-16-6-10/h2-4,10,13,16H,5-8H2,1H3. The highest BCUT2D eigenvalue weighted by Gasteiger charge is 2.16. The Hall–Kier alpha value is -1.01. The normalized spacial score (nSPS) is 15.4. The molecule has 1 fully saturated rings. The minimum Gasteiger partial charge on any atom is -0.493 e. The largest absolute Gasteiger partial charge is 0.493 e. The van der Waals surface area contributed by atoms with E-state index in [0.717, 1.165) is 36.1 Å². The molecule has 1 aliphatic rings. The molecule has 0 spiro atoms. The van der Waals surface area contributed by atoms with Gasteiger partial charge in [0, 0.05) is 5.75 Å². The summed E-state index contributed by atoms with van der Waals surface area (Å²) in [5.41, 5.74) is 1.05.